The number of ether oxygens (including phenoxy) is 1. The van der Waals surface area contributed by atoms with Crippen LogP contribution in [0.15, 0.2) is 18.2 Å². The van der Waals surface area contributed by atoms with Crippen molar-refractivity contribution in [2.45, 2.75) is 26.3 Å². The summed E-state index contributed by atoms with van der Waals surface area (Å²) in [5.74, 6) is 0.856. The molecule has 2 N–H and O–H groups in total. The number of rotatable bonds is 7. The van der Waals surface area contributed by atoms with Gasteiger partial charge >= 0.3 is 0 Å². The second-order valence-electron chi connectivity index (χ2n) is 5.02. The fourth-order valence-corrected chi connectivity index (χ4v) is 2.43. The predicted molar refractivity (Wildman–Crippen MR) is 74.9 cm³/mol. The average molecular weight is 266 g/mol. The first-order valence-electron chi connectivity index (χ1n) is 7.12. The Hall–Kier alpha value is -1.13. The highest BCUT2D eigenvalue weighted by Gasteiger charge is 2.13. The van der Waals surface area contributed by atoms with Crippen molar-refractivity contribution in [1.29, 1.82) is 0 Å². The van der Waals surface area contributed by atoms with Gasteiger partial charge in [0, 0.05) is 6.54 Å². The van der Waals surface area contributed by atoms with Crippen LogP contribution < -0.4 is 15.4 Å². The summed E-state index contributed by atoms with van der Waals surface area (Å²) >= 11 is 0. The summed E-state index contributed by atoms with van der Waals surface area (Å²) in [6, 6.07) is 5.17. The van der Waals surface area contributed by atoms with E-state index in [1.165, 1.54) is 12.8 Å². The molecule has 1 atom stereocenters. The van der Waals surface area contributed by atoms with Crippen molar-refractivity contribution >= 4 is 0 Å². The van der Waals surface area contributed by atoms with Crippen LogP contribution in [-0.2, 0) is 6.54 Å². The van der Waals surface area contributed by atoms with E-state index in [0.29, 0.717) is 18.9 Å². The van der Waals surface area contributed by atoms with Gasteiger partial charge in [-0.15, -0.1) is 0 Å². The van der Waals surface area contributed by atoms with Gasteiger partial charge in [-0.2, -0.15) is 0 Å². The van der Waals surface area contributed by atoms with Crippen LogP contribution in [0.3, 0.4) is 0 Å². The molecule has 4 heteroatoms. The van der Waals surface area contributed by atoms with E-state index in [9.17, 15) is 4.39 Å². The Bertz CT molecular complexity index is 392. The standard InChI is InChI=1S/C15H23FN2O/c1-2-19-15-4-3-13(9-14(15)16)11-18-8-6-12-5-7-17-10-12/h3-4,9,12,17-18H,2,5-8,10-11H2,1H3. The van der Waals surface area contributed by atoms with E-state index in [0.717, 1.165) is 31.1 Å². The maximum atomic E-state index is 13.6. The second-order valence-corrected chi connectivity index (χ2v) is 5.02. The zero-order valence-electron chi connectivity index (χ0n) is 11.5. The Morgan fingerprint density at radius 1 is 1.47 bits per heavy atom. The molecule has 0 aromatic heterocycles. The highest BCUT2D eigenvalue weighted by molar-refractivity contribution is 5.29. The van der Waals surface area contributed by atoms with Crippen molar-refractivity contribution in [2.24, 2.45) is 5.92 Å². The van der Waals surface area contributed by atoms with Crippen molar-refractivity contribution in [3.05, 3.63) is 29.6 Å². The van der Waals surface area contributed by atoms with Gasteiger partial charge in [0.2, 0.25) is 0 Å². The summed E-state index contributed by atoms with van der Waals surface area (Å²) in [5, 5.41) is 6.74. The highest BCUT2D eigenvalue weighted by atomic mass is 19.1. The molecule has 0 bridgehead atoms. The number of halogens is 1. The Morgan fingerprint density at radius 2 is 2.37 bits per heavy atom. The van der Waals surface area contributed by atoms with Crippen molar-refractivity contribution in [3.8, 4) is 5.75 Å². The van der Waals surface area contributed by atoms with Gasteiger partial charge in [0.1, 0.15) is 0 Å². The van der Waals surface area contributed by atoms with E-state index in [4.69, 9.17) is 4.74 Å². The summed E-state index contributed by atoms with van der Waals surface area (Å²) in [4.78, 5) is 0. The molecule has 106 valence electrons. The minimum Gasteiger partial charge on any atom is -0.491 e. The first kappa shape index (κ1) is 14.3. The molecule has 1 fully saturated rings. The largest absolute Gasteiger partial charge is 0.491 e. The molecule has 19 heavy (non-hydrogen) atoms. The molecule has 3 nitrogen and oxygen atoms in total. The van der Waals surface area contributed by atoms with Crippen molar-refractivity contribution in [3.63, 3.8) is 0 Å². The Balaban J connectivity index is 1.71. The van der Waals surface area contributed by atoms with E-state index in [1.54, 1.807) is 12.1 Å². The minimum atomic E-state index is -0.277. The maximum absolute atomic E-state index is 13.6. The van der Waals surface area contributed by atoms with E-state index in [1.807, 2.05) is 13.0 Å². The quantitative estimate of drug-likeness (QED) is 0.743. The van der Waals surface area contributed by atoms with Gasteiger partial charge in [-0.05, 0) is 63.0 Å². The molecule has 1 aliphatic heterocycles. The van der Waals surface area contributed by atoms with Crippen LogP contribution in [0.1, 0.15) is 25.3 Å². The Kier molecular flexibility index (Phi) is 5.61. The smallest absolute Gasteiger partial charge is 0.165 e. The molecule has 1 aromatic carbocycles. The molecule has 1 saturated heterocycles. The van der Waals surface area contributed by atoms with Crippen LogP contribution in [0.2, 0.25) is 0 Å². The second kappa shape index (κ2) is 7.46. The minimum absolute atomic E-state index is 0.277. The van der Waals surface area contributed by atoms with Crippen molar-refractivity contribution in [1.82, 2.24) is 10.6 Å². The summed E-state index contributed by atoms with van der Waals surface area (Å²) < 4.78 is 18.8. The Labute approximate surface area is 114 Å². The molecular formula is C15H23FN2O. The van der Waals surface area contributed by atoms with Crippen molar-refractivity contribution < 1.29 is 9.13 Å². The third kappa shape index (κ3) is 4.48. The zero-order valence-corrected chi connectivity index (χ0v) is 11.5. The van der Waals surface area contributed by atoms with E-state index in [-0.39, 0.29) is 5.82 Å². The number of hydrogen-bond donors (Lipinski definition) is 2. The lowest BCUT2D eigenvalue weighted by Crippen LogP contribution is -2.19. The first-order chi connectivity index (χ1) is 9.29. The lowest BCUT2D eigenvalue weighted by molar-refractivity contribution is 0.321. The molecular weight excluding hydrogens is 243 g/mol. The summed E-state index contributed by atoms with van der Waals surface area (Å²) in [6.07, 6.45) is 2.46. The predicted octanol–water partition coefficient (Wildman–Crippen LogP) is 2.31. The fourth-order valence-electron chi connectivity index (χ4n) is 2.43. The SMILES string of the molecule is CCOc1ccc(CNCCC2CCNC2)cc1F. The van der Waals surface area contributed by atoms with Gasteiger partial charge in [0.05, 0.1) is 6.61 Å². The number of hydrogen-bond acceptors (Lipinski definition) is 3. The van der Waals surface area contributed by atoms with Gasteiger partial charge in [-0.1, -0.05) is 6.07 Å². The molecule has 0 saturated carbocycles. The van der Waals surface area contributed by atoms with E-state index in [2.05, 4.69) is 10.6 Å². The molecule has 1 heterocycles. The molecule has 0 amide bonds. The van der Waals surface area contributed by atoms with Gasteiger partial charge in [-0.3, -0.25) is 0 Å². The maximum Gasteiger partial charge on any atom is 0.165 e. The monoisotopic (exact) mass is 266 g/mol. The normalized spacial score (nSPS) is 18.7. The van der Waals surface area contributed by atoms with Gasteiger partial charge in [0.25, 0.3) is 0 Å². The molecule has 0 radical (unpaired) electrons. The summed E-state index contributed by atoms with van der Waals surface area (Å²) in [6.45, 7) is 6.33. The molecule has 0 aliphatic carbocycles. The Morgan fingerprint density at radius 3 is 3.05 bits per heavy atom. The lowest BCUT2D eigenvalue weighted by atomic mass is 10.1. The third-order valence-corrected chi connectivity index (χ3v) is 3.52. The van der Waals surface area contributed by atoms with Crippen LogP contribution >= 0.6 is 0 Å². The average Bonchev–Trinajstić information content (AvgIpc) is 2.91. The van der Waals surface area contributed by atoms with Gasteiger partial charge < -0.3 is 15.4 Å². The fraction of sp³-hybridized carbons (Fsp3) is 0.600. The molecule has 2 rings (SSSR count). The summed E-state index contributed by atoms with van der Waals surface area (Å²) in [7, 11) is 0. The first-order valence-corrected chi connectivity index (χ1v) is 7.12. The number of nitrogens with one attached hydrogen (secondary N) is 2. The highest BCUT2D eigenvalue weighted by Crippen LogP contribution is 2.18. The number of benzene rings is 1. The topological polar surface area (TPSA) is 33.3 Å². The third-order valence-electron chi connectivity index (χ3n) is 3.52. The van der Waals surface area contributed by atoms with E-state index < -0.39 is 0 Å². The van der Waals surface area contributed by atoms with Crippen LogP contribution in [0.4, 0.5) is 4.39 Å². The molecule has 1 aliphatic rings. The zero-order chi connectivity index (χ0) is 13.5. The van der Waals surface area contributed by atoms with Crippen LogP contribution in [0.25, 0.3) is 0 Å². The molecule has 1 aromatic rings. The molecule has 1 unspecified atom stereocenters. The van der Waals surface area contributed by atoms with Gasteiger partial charge in [0.15, 0.2) is 11.6 Å². The lowest BCUT2D eigenvalue weighted by Gasteiger charge is -2.10. The van der Waals surface area contributed by atoms with Gasteiger partial charge in [-0.25, -0.2) is 4.39 Å². The van der Waals surface area contributed by atoms with Crippen molar-refractivity contribution in [2.75, 3.05) is 26.2 Å². The molecule has 0 spiro atoms. The summed E-state index contributed by atoms with van der Waals surface area (Å²) in [5.41, 5.74) is 0.963. The van der Waals surface area contributed by atoms with Crippen LogP contribution in [0.5, 0.6) is 5.75 Å². The van der Waals surface area contributed by atoms with Crippen LogP contribution in [0, 0.1) is 11.7 Å². The van der Waals surface area contributed by atoms with E-state index >= 15 is 0 Å². The van der Waals surface area contributed by atoms with Crippen LogP contribution in [-0.4, -0.2) is 26.2 Å².